The van der Waals surface area contributed by atoms with Gasteiger partial charge in [0.15, 0.2) is 0 Å². The summed E-state index contributed by atoms with van der Waals surface area (Å²) in [5.74, 6) is -0.109. The first-order valence-electron chi connectivity index (χ1n) is 7.15. The van der Waals surface area contributed by atoms with Crippen LogP contribution in [0.3, 0.4) is 0 Å². The van der Waals surface area contributed by atoms with E-state index in [1.54, 1.807) is 0 Å². The molecule has 1 heterocycles. The minimum Gasteiger partial charge on any atom is -0.353 e. The Morgan fingerprint density at radius 2 is 2.05 bits per heavy atom. The molecule has 1 aliphatic carbocycles. The molecular formula is C14H21N3O2. The van der Waals surface area contributed by atoms with Crippen molar-refractivity contribution in [3.05, 3.63) is 0 Å². The summed E-state index contributed by atoms with van der Waals surface area (Å²) in [6.07, 6.45) is 6.72. The number of carbonyl (C=O) groups is 2. The van der Waals surface area contributed by atoms with E-state index in [0.717, 1.165) is 32.1 Å². The van der Waals surface area contributed by atoms with Gasteiger partial charge in [-0.3, -0.25) is 9.59 Å². The quantitative estimate of drug-likeness (QED) is 0.752. The van der Waals surface area contributed by atoms with Crippen LogP contribution in [0, 0.1) is 16.7 Å². The summed E-state index contributed by atoms with van der Waals surface area (Å²) in [5, 5.41) is 15.1. The minimum atomic E-state index is -0.848. The highest BCUT2D eigenvalue weighted by Gasteiger charge is 2.39. The van der Waals surface area contributed by atoms with Gasteiger partial charge >= 0.3 is 0 Å². The highest BCUT2D eigenvalue weighted by atomic mass is 16.2. The van der Waals surface area contributed by atoms with Gasteiger partial charge < -0.3 is 10.6 Å². The van der Waals surface area contributed by atoms with Gasteiger partial charge in [-0.25, -0.2) is 0 Å². The highest BCUT2D eigenvalue weighted by Crippen LogP contribution is 2.34. The SMILES string of the molecule is N#CC1(C(=O)NCC2CCC(=O)N2)CCCCCC1. The maximum Gasteiger partial charge on any atom is 0.240 e. The Kier molecular flexibility index (Phi) is 4.41. The summed E-state index contributed by atoms with van der Waals surface area (Å²) >= 11 is 0. The fourth-order valence-corrected chi connectivity index (χ4v) is 2.94. The lowest BCUT2D eigenvalue weighted by atomic mass is 9.81. The molecule has 2 fully saturated rings. The van der Waals surface area contributed by atoms with E-state index in [1.807, 2.05) is 0 Å². The fourth-order valence-electron chi connectivity index (χ4n) is 2.94. The molecule has 0 spiro atoms. The fraction of sp³-hybridized carbons (Fsp3) is 0.786. The summed E-state index contributed by atoms with van der Waals surface area (Å²) in [5.41, 5.74) is -0.848. The van der Waals surface area contributed by atoms with Crippen molar-refractivity contribution in [2.24, 2.45) is 5.41 Å². The Hall–Kier alpha value is -1.57. The van der Waals surface area contributed by atoms with Crippen LogP contribution in [-0.2, 0) is 9.59 Å². The lowest BCUT2D eigenvalue weighted by molar-refractivity contribution is -0.129. The molecule has 1 unspecified atom stereocenters. The molecule has 2 rings (SSSR count). The molecule has 104 valence electrons. The summed E-state index contributed by atoms with van der Waals surface area (Å²) < 4.78 is 0. The van der Waals surface area contributed by atoms with E-state index in [0.29, 0.717) is 25.8 Å². The molecule has 5 heteroatoms. The molecular weight excluding hydrogens is 242 g/mol. The molecule has 1 saturated heterocycles. The normalized spacial score (nSPS) is 26.1. The third kappa shape index (κ3) is 3.25. The molecule has 1 saturated carbocycles. The van der Waals surface area contributed by atoms with E-state index in [2.05, 4.69) is 16.7 Å². The summed E-state index contributed by atoms with van der Waals surface area (Å²) in [6, 6.07) is 2.27. The zero-order valence-electron chi connectivity index (χ0n) is 11.2. The number of nitrogens with zero attached hydrogens (tertiary/aromatic N) is 1. The van der Waals surface area contributed by atoms with Gasteiger partial charge in [-0.2, -0.15) is 5.26 Å². The van der Waals surface area contributed by atoms with E-state index in [4.69, 9.17) is 0 Å². The topological polar surface area (TPSA) is 82.0 Å². The number of rotatable bonds is 3. The van der Waals surface area contributed by atoms with Crippen molar-refractivity contribution in [1.29, 1.82) is 5.26 Å². The van der Waals surface area contributed by atoms with Gasteiger partial charge in [0, 0.05) is 19.0 Å². The van der Waals surface area contributed by atoms with Crippen LogP contribution >= 0.6 is 0 Å². The standard InChI is InChI=1S/C14H21N3O2/c15-10-14(7-3-1-2-4-8-14)13(19)16-9-11-5-6-12(18)17-11/h11H,1-9H2,(H,16,19)(H,17,18). The summed E-state index contributed by atoms with van der Waals surface area (Å²) in [7, 11) is 0. The minimum absolute atomic E-state index is 0.0259. The maximum atomic E-state index is 12.3. The zero-order chi connectivity index (χ0) is 13.7. The van der Waals surface area contributed by atoms with Crippen molar-refractivity contribution in [2.75, 3.05) is 6.54 Å². The first kappa shape index (κ1) is 13.9. The molecule has 1 atom stereocenters. The van der Waals surface area contributed by atoms with Crippen LogP contribution in [0.15, 0.2) is 0 Å². The third-order valence-electron chi connectivity index (χ3n) is 4.20. The molecule has 0 radical (unpaired) electrons. The Labute approximate surface area is 113 Å². The number of amides is 2. The molecule has 0 aromatic heterocycles. The second-order valence-electron chi connectivity index (χ2n) is 5.62. The number of hydrogen-bond donors (Lipinski definition) is 2. The lowest BCUT2D eigenvalue weighted by Crippen LogP contribution is -2.45. The molecule has 0 bridgehead atoms. The maximum absolute atomic E-state index is 12.3. The molecule has 0 aromatic carbocycles. The third-order valence-corrected chi connectivity index (χ3v) is 4.20. The van der Waals surface area contributed by atoms with E-state index in [-0.39, 0.29) is 17.9 Å². The van der Waals surface area contributed by atoms with Crippen LogP contribution in [0.2, 0.25) is 0 Å². The van der Waals surface area contributed by atoms with Crippen molar-refractivity contribution in [3.63, 3.8) is 0 Å². The van der Waals surface area contributed by atoms with Crippen LogP contribution in [0.5, 0.6) is 0 Å². The molecule has 5 nitrogen and oxygen atoms in total. The number of nitriles is 1. The molecule has 0 aromatic rings. The van der Waals surface area contributed by atoms with Gasteiger partial charge in [0.05, 0.1) is 6.07 Å². The Balaban J connectivity index is 1.89. The van der Waals surface area contributed by atoms with Gasteiger partial charge in [-0.15, -0.1) is 0 Å². The average Bonchev–Trinajstić information content (AvgIpc) is 2.69. The Morgan fingerprint density at radius 3 is 2.58 bits per heavy atom. The van der Waals surface area contributed by atoms with Crippen molar-refractivity contribution in [1.82, 2.24) is 10.6 Å². The molecule has 2 amide bonds. The first-order chi connectivity index (χ1) is 9.16. The van der Waals surface area contributed by atoms with Gasteiger partial charge in [-0.05, 0) is 19.3 Å². The van der Waals surface area contributed by atoms with Crippen LogP contribution in [0.25, 0.3) is 0 Å². The highest BCUT2D eigenvalue weighted by molar-refractivity contribution is 5.85. The lowest BCUT2D eigenvalue weighted by Gasteiger charge is -2.24. The van der Waals surface area contributed by atoms with Crippen LogP contribution in [0.1, 0.15) is 51.4 Å². The van der Waals surface area contributed by atoms with Crippen molar-refractivity contribution in [3.8, 4) is 6.07 Å². The molecule has 2 aliphatic rings. The van der Waals surface area contributed by atoms with Gasteiger partial charge in [0.2, 0.25) is 11.8 Å². The predicted octanol–water partition coefficient (Wildman–Crippen LogP) is 1.25. The van der Waals surface area contributed by atoms with E-state index >= 15 is 0 Å². The second-order valence-corrected chi connectivity index (χ2v) is 5.62. The van der Waals surface area contributed by atoms with E-state index in [1.165, 1.54) is 0 Å². The summed E-state index contributed by atoms with van der Waals surface area (Å²) in [6.45, 7) is 0.438. The van der Waals surface area contributed by atoms with Crippen molar-refractivity contribution >= 4 is 11.8 Å². The number of hydrogen-bond acceptors (Lipinski definition) is 3. The Bertz CT molecular complexity index is 392. The smallest absolute Gasteiger partial charge is 0.240 e. The predicted molar refractivity (Wildman–Crippen MR) is 69.9 cm³/mol. The van der Waals surface area contributed by atoms with Gasteiger partial charge in [0.25, 0.3) is 0 Å². The monoisotopic (exact) mass is 263 g/mol. The number of nitrogens with one attached hydrogen (secondary N) is 2. The summed E-state index contributed by atoms with van der Waals surface area (Å²) in [4.78, 5) is 23.4. The Morgan fingerprint density at radius 1 is 1.37 bits per heavy atom. The largest absolute Gasteiger partial charge is 0.353 e. The van der Waals surface area contributed by atoms with Gasteiger partial charge in [0.1, 0.15) is 5.41 Å². The molecule has 2 N–H and O–H groups in total. The second kappa shape index (κ2) is 6.05. The van der Waals surface area contributed by atoms with Crippen molar-refractivity contribution in [2.45, 2.75) is 57.4 Å². The molecule has 19 heavy (non-hydrogen) atoms. The van der Waals surface area contributed by atoms with E-state index in [9.17, 15) is 14.9 Å². The average molecular weight is 263 g/mol. The number of carbonyl (C=O) groups excluding carboxylic acids is 2. The molecule has 1 aliphatic heterocycles. The van der Waals surface area contributed by atoms with Gasteiger partial charge in [-0.1, -0.05) is 25.7 Å². The van der Waals surface area contributed by atoms with Crippen molar-refractivity contribution < 1.29 is 9.59 Å². The van der Waals surface area contributed by atoms with Crippen LogP contribution in [0.4, 0.5) is 0 Å². The zero-order valence-corrected chi connectivity index (χ0v) is 11.2. The van der Waals surface area contributed by atoms with Crippen LogP contribution in [-0.4, -0.2) is 24.4 Å². The van der Waals surface area contributed by atoms with Crippen LogP contribution < -0.4 is 10.6 Å². The first-order valence-corrected chi connectivity index (χ1v) is 7.15. The van der Waals surface area contributed by atoms with E-state index < -0.39 is 5.41 Å².